The number of hydrogen-bond acceptors (Lipinski definition) is 4. The number of ether oxygens (including phenoxy) is 1. The lowest BCUT2D eigenvalue weighted by molar-refractivity contribution is 0.403. The van der Waals surface area contributed by atoms with Crippen molar-refractivity contribution in [3.05, 3.63) is 23.8 Å². The van der Waals surface area contributed by atoms with Gasteiger partial charge in [-0.05, 0) is 33.0 Å². The molecule has 0 spiro atoms. The fourth-order valence-electron chi connectivity index (χ4n) is 2.10. The van der Waals surface area contributed by atoms with Crippen molar-refractivity contribution in [3.8, 4) is 11.8 Å². The number of hydrogen-bond donors (Lipinski definition) is 1. The third-order valence-electron chi connectivity index (χ3n) is 3.56. The van der Waals surface area contributed by atoms with Gasteiger partial charge in [-0.15, -0.1) is 0 Å². The smallest absolute Gasteiger partial charge is 0.125 e. The first kappa shape index (κ1) is 15.3. The van der Waals surface area contributed by atoms with Gasteiger partial charge in [0.05, 0.1) is 19.6 Å². The second kappa shape index (κ2) is 7.01. The van der Waals surface area contributed by atoms with E-state index in [0.29, 0.717) is 6.42 Å². The quantitative estimate of drug-likeness (QED) is 0.855. The predicted octanol–water partition coefficient (Wildman–Crippen LogP) is 2.71. The first-order valence-corrected chi connectivity index (χ1v) is 6.50. The Labute approximate surface area is 116 Å². The molecule has 2 unspecified atom stereocenters. The van der Waals surface area contributed by atoms with Crippen LogP contribution in [0.1, 0.15) is 31.9 Å². The van der Waals surface area contributed by atoms with Crippen LogP contribution in [0.25, 0.3) is 0 Å². The molecule has 0 aromatic heterocycles. The van der Waals surface area contributed by atoms with Crippen LogP contribution in [-0.4, -0.2) is 27.2 Å². The molecule has 0 saturated carbocycles. The summed E-state index contributed by atoms with van der Waals surface area (Å²) in [4.78, 5) is 2.13. The minimum atomic E-state index is 0.167. The molecule has 4 heteroatoms. The SMILES string of the molecule is CNC(C)c1c(OC)cccc1N(C)C(C)CC#N. The lowest BCUT2D eigenvalue weighted by Crippen LogP contribution is -2.30. The first-order chi connectivity index (χ1) is 9.06. The molecule has 0 radical (unpaired) electrons. The molecule has 0 saturated heterocycles. The molecule has 4 nitrogen and oxygen atoms in total. The molecule has 1 rings (SSSR count). The number of nitriles is 1. The molecule has 0 aliphatic heterocycles. The van der Waals surface area contributed by atoms with E-state index in [2.05, 4.69) is 36.2 Å². The maximum Gasteiger partial charge on any atom is 0.125 e. The Balaban J connectivity index is 3.23. The molecular weight excluding hydrogens is 238 g/mol. The third-order valence-corrected chi connectivity index (χ3v) is 3.56. The molecule has 0 fully saturated rings. The van der Waals surface area contributed by atoms with Crippen molar-refractivity contribution >= 4 is 5.69 Å². The van der Waals surface area contributed by atoms with Crippen molar-refractivity contribution in [2.75, 3.05) is 26.1 Å². The number of methoxy groups -OCH3 is 1. The molecular formula is C15H23N3O. The van der Waals surface area contributed by atoms with Crippen LogP contribution < -0.4 is 15.0 Å². The number of benzene rings is 1. The summed E-state index contributed by atoms with van der Waals surface area (Å²) in [5.74, 6) is 0.871. The van der Waals surface area contributed by atoms with E-state index in [9.17, 15) is 0 Å². The molecule has 0 aliphatic carbocycles. The normalized spacial score (nSPS) is 13.5. The highest BCUT2D eigenvalue weighted by atomic mass is 16.5. The number of nitrogens with one attached hydrogen (secondary N) is 1. The highest BCUT2D eigenvalue weighted by molar-refractivity contribution is 5.61. The predicted molar refractivity (Wildman–Crippen MR) is 78.6 cm³/mol. The Hall–Kier alpha value is -1.73. The topological polar surface area (TPSA) is 48.3 Å². The molecule has 0 aliphatic rings. The van der Waals surface area contributed by atoms with E-state index in [1.165, 1.54) is 0 Å². The van der Waals surface area contributed by atoms with Crippen LogP contribution in [0.2, 0.25) is 0 Å². The van der Waals surface area contributed by atoms with Gasteiger partial charge in [0.25, 0.3) is 0 Å². The zero-order valence-corrected chi connectivity index (χ0v) is 12.4. The Morgan fingerprint density at radius 1 is 1.42 bits per heavy atom. The van der Waals surface area contributed by atoms with Gasteiger partial charge >= 0.3 is 0 Å². The lowest BCUT2D eigenvalue weighted by atomic mass is 10.0. The standard InChI is InChI=1S/C15H23N3O/c1-11(9-10-16)18(4)13-7-6-8-14(19-5)15(13)12(2)17-3/h6-8,11-12,17H,9H2,1-5H3. The molecule has 19 heavy (non-hydrogen) atoms. The summed E-state index contributed by atoms with van der Waals surface area (Å²) in [6, 6.07) is 8.59. The average molecular weight is 261 g/mol. The molecule has 0 bridgehead atoms. The van der Waals surface area contributed by atoms with Gasteiger partial charge in [-0.25, -0.2) is 0 Å². The summed E-state index contributed by atoms with van der Waals surface area (Å²) in [7, 11) is 5.63. The van der Waals surface area contributed by atoms with Gasteiger partial charge in [0.1, 0.15) is 5.75 Å². The maximum absolute atomic E-state index is 8.84. The molecule has 2 atom stereocenters. The van der Waals surface area contributed by atoms with Crippen LogP contribution in [0.5, 0.6) is 5.75 Å². The third kappa shape index (κ3) is 3.39. The summed E-state index contributed by atoms with van der Waals surface area (Å²) in [5, 5.41) is 12.1. The zero-order valence-electron chi connectivity index (χ0n) is 12.4. The molecule has 104 valence electrons. The van der Waals surface area contributed by atoms with Gasteiger partial charge in [-0.2, -0.15) is 5.26 Å². The van der Waals surface area contributed by atoms with Crippen LogP contribution in [-0.2, 0) is 0 Å². The Kier molecular flexibility index (Phi) is 5.65. The monoisotopic (exact) mass is 261 g/mol. The average Bonchev–Trinajstić information content (AvgIpc) is 2.44. The minimum absolute atomic E-state index is 0.167. The van der Waals surface area contributed by atoms with Gasteiger partial charge in [0.15, 0.2) is 0 Å². The highest BCUT2D eigenvalue weighted by Gasteiger charge is 2.19. The molecule has 1 aromatic rings. The fraction of sp³-hybridized carbons (Fsp3) is 0.533. The summed E-state index contributed by atoms with van der Waals surface area (Å²) >= 11 is 0. The van der Waals surface area contributed by atoms with E-state index < -0.39 is 0 Å². The van der Waals surface area contributed by atoms with Gasteiger partial charge in [-0.1, -0.05) is 6.07 Å². The maximum atomic E-state index is 8.84. The van der Waals surface area contributed by atoms with Crippen molar-refractivity contribution in [1.82, 2.24) is 5.32 Å². The largest absolute Gasteiger partial charge is 0.496 e. The number of anilines is 1. The molecule has 0 amide bonds. The van der Waals surface area contributed by atoms with Crippen LogP contribution >= 0.6 is 0 Å². The first-order valence-electron chi connectivity index (χ1n) is 6.50. The van der Waals surface area contributed by atoms with E-state index >= 15 is 0 Å². The van der Waals surface area contributed by atoms with E-state index in [1.807, 2.05) is 26.2 Å². The summed E-state index contributed by atoms with van der Waals surface area (Å²) in [6.45, 7) is 4.15. The van der Waals surface area contributed by atoms with Crippen molar-refractivity contribution in [2.24, 2.45) is 0 Å². The second-order valence-electron chi connectivity index (χ2n) is 4.73. The number of rotatable bonds is 6. The van der Waals surface area contributed by atoms with Gasteiger partial charge in [0.2, 0.25) is 0 Å². The van der Waals surface area contributed by atoms with Gasteiger partial charge in [-0.3, -0.25) is 0 Å². The van der Waals surface area contributed by atoms with E-state index in [0.717, 1.165) is 17.0 Å². The Morgan fingerprint density at radius 3 is 2.63 bits per heavy atom. The minimum Gasteiger partial charge on any atom is -0.496 e. The summed E-state index contributed by atoms with van der Waals surface area (Å²) < 4.78 is 5.47. The van der Waals surface area contributed by atoms with Crippen LogP contribution in [0, 0.1) is 11.3 Å². The lowest BCUT2D eigenvalue weighted by Gasteiger charge is -2.30. The summed E-state index contributed by atoms with van der Waals surface area (Å²) in [5.41, 5.74) is 2.23. The van der Waals surface area contributed by atoms with E-state index in [4.69, 9.17) is 10.00 Å². The van der Waals surface area contributed by atoms with Crippen LogP contribution in [0.15, 0.2) is 18.2 Å². The highest BCUT2D eigenvalue weighted by Crippen LogP contribution is 2.34. The second-order valence-corrected chi connectivity index (χ2v) is 4.73. The van der Waals surface area contributed by atoms with Crippen molar-refractivity contribution in [2.45, 2.75) is 32.4 Å². The Bertz CT molecular complexity index is 453. The number of nitrogens with zero attached hydrogens (tertiary/aromatic N) is 2. The molecule has 1 aromatic carbocycles. The van der Waals surface area contributed by atoms with Gasteiger partial charge < -0.3 is 15.0 Å². The van der Waals surface area contributed by atoms with E-state index in [1.54, 1.807) is 7.11 Å². The van der Waals surface area contributed by atoms with Crippen molar-refractivity contribution < 1.29 is 4.74 Å². The van der Waals surface area contributed by atoms with Crippen LogP contribution in [0.3, 0.4) is 0 Å². The van der Waals surface area contributed by atoms with Crippen molar-refractivity contribution in [1.29, 1.82) is 5.26 Å². The summed E-state index contributed by atoms with van der Waals surface area (Å²) in [6.07, 6.45) is 0.501. The van der Waals surface area contributed by atoms with Gasteiger partial charge in [0, 0.05) is 30.4 Å². The van der Waals surface area contributed by atoms with Crippen molar-refractivity contribution in [3.63, 3.8) is 0 Å². The zero-order chi connectivity index (χ0) is 14.4. The van der Waals surface area contributed by atoms with Crippen LogP contribution in [0.4, 0.5) is 5.69 Å². The molecule has 0 heterocycles. The van der Waals surface area contributed by atoms with E-state index in [-0.39, 0.29) is 12.1 Å². The Morgan fingerprint density at radius 2 is 2.11 bits per heavy atom. The fourth-order valence-corrected chi connectivity index (χ4v) is 2.10. The molecule has 1 N–H and O–H groups in total.